The molecule has 4 rings (SSSR count). The van der Waals surface area contributed by atoms with E-state index in [2.05, 4.69) is 11.0 Å². The molecule has 1 amide bonds. The normalized spacial score (nSPS) is 21.3. The fraction of sp³-hybridized carbons (Fsp3) is 0.364. The molecule has 30 heavy (non-hydrogen) atoms. The molecule has 2 aromatic carbocycles. The lowest BCUT2D eigenvalue weighted by Crippen LogP contribution is -2.30. The topological polar surface area (TPSA) is 97.0 Å². The number of unbranched alkanes of at least 4 members (excludes halogenated alkanes) is 1. The number of carbonyl (C=O) groups excluding carboxylic acids is 1. The van der Waals surface area contributed by atoms with Crippen molar-refractivity contribution < 1.29 is 18.6 Å². The van der Waals surface area contributed by atoms with Crippen molar-refractivity contribution >= 4 is 16.7 Å². The molecule has 2 N–H and O–H groups in total. The third-order valence-electron chi connectivity index (χ3n) is 5.56. The summed E-state index contributed by atoms with van der Waals surface area (Å²) in [4.78, 5) is 15.1. The van der Waals surface area contributed by atoms with Crippen LogP contribution < -0.4 is 4.74 Å². The lowest BCUT2D eigenvalue weighted by atomic mass is 10.2. The zero-order chi connectivity index (χ0) is 21.1. The minimum atomic E-state index is -3.22. The third-order valence-corrected chi connectivity index (χ3v) is 7.47. The quantitative estimate of drug-likeness (QED) is 0.649. The molecule has 1 atom stereocenters. The van der Waals surface area contributed by atoms with E-state index >= 15 is 0 Å². The summed E-state index contributed by atoms with van der Waals surface area (Å²) in [5.74, 6) is 0.320. The van der Waals surface area contributed by atoms with Gasteiger partial charge in [0, 0.05) is 19.6 Å². The second-order valence-electron chi connectivity index (χ2n) is 7.57. The predicted molar refractivity (Wildman–Crippen MR) is 114 cm³/mol. The molecule has 0 spiro atoms. The molecule has 0 radical (unpaired) electrons. The number of hydrogen-bond acceptors (Lipinski definition) is 6. The summed E-state index contributed by atoms with van der Waals surface area (Å²) in [6.07, 6.45) is 2.49. The number of para-hydroxylation sites is 1. The van der Waals surface area contributed by atoms with E-state index in [0.717, 1.165) is 32.5 Å². The van der Waals surface area contributed by atoms with Crippen molar-refractivity contribution in [3.63, 3.8) is 0 Å². The zero-order valence-corrected chi connectivity index (χ0v) is 17.4. The molecular formula is C22H25N3O4S. The van der Waals surface area contributed by atoms with Crippen LogP contribution in [0, 0.1) is 11.3 Å². The van der Waals surface area contributed by atoms with E-state index in [4.69, 9.17) is 4.74 Å². The molecule has 1 unspecified atom stereocenters. The van der Waals surface area contributed by atoms with Crippen LogP contribution in [0.15, 0.2) is 53.4 Å². The second-order valence-corrected chi connectivity index (χ2v) is 9.48. The Hall–Kier alpha value is -2.57. The van der Waals surface area contributed by atoms with Gasteiger partial charge in [0.25, 0.3) is 5.91 Å². The number of hydrogen-bond donors (Lipinski definition) is 2. The molecule has 0 aliphatic carbocycles. The fourth-order valence-corrected chi connectivity index (χ4v) is 5.67. The van der Waals surface area contributed by atoms with Gasteiger partial charge < -0.3 is 4.74 Å². The van der Waals surface area contributed by atoms with E-state index in [1.807, 2.05) is 18.2 Å². The van der Waals surface area contributed by atoms with Gasteiger partial charge in [-0.25, -0.2) is 4.31 Å². The van der Waals surface area contributed by atoms with Gasteiger partial charge >= 0.3 is 0 Å². The predicted octanol–water partition coefficient (Wildman–Crippen LogP) is 3.97. The highest BCUT2D eigenvalue weighted by molar-refractivity contribution is 8.23. The average Bonchev–Trinajstić information content (AvgIpc) is 3.27. The Labute approximate surface area is 178 Å². The number of fused-ring (bicyclic) bond motifs is 1. The number of nitrogens with zero attached hydrogens (tertiary/aromatic N) is 3. The molecule has 7 nitrogen and oxygen atoms in total. The van der Waals surface area contributed by atoms with Crippen molar-refractivity contribution in [2.45, 2.75) is 30.3 Å². The van der Waals surface area contributed by atoms with E-state index in [0.29, 0.717) is 34.7 Å². The van der Waals surface area contributed by atoms with Crippen LogP contribution in [0.25, 0.3) is 0 Å². The maximum absolute atomic E-state index is 12.5. The van der Waals surface area contributed by atoms with Gasteiger partial charge in [-0.1, -0.05) is 35.0 Å². The van der Waals surface area contributed by atoms with Crippen molar-refractivity contribution in [1.29, 1.82) is 5.26 Å². The first-order chi connectivity index (χ1) is 14.5. The van der Waals surface area contributed by atoms with E-state index < -0.39 is 10.8 Å². The van der Waals surface area contributed by atoms with E-state index in [-0.39, 0.29) is 12.0 Å². The summed E-state index contributed by atoms with van der Waals surface area (Å²) in [6.45, 7) is 2.89. The van der Waals surface area contributed by atoms with Gasteiger partial charge in [0.05, 0.1) is 16.0 Å². The lowest BCUT2D eigenvalue weighted by Gasteiger charge is -2.37. The number of amides is 1. The summed E-state index contributed by atoms with van der Waals surface area (Å²) in [7, 11) is -3.22. The Kier molecular flexibility index (Phi) is 5.97. The first-order valence-electron chi connectivity index (χ1n) is 10.1. The average molecular weight is 428 g/mol. The smallest absolute Gasteiger partial charge is 0.274 e. The summed E-state index contributed by atoms with van der Waals surface area (Å²) in [6, 6.07) is 16.1. The second kappa shape index (κ2) is 8.66. The first kappa shape index (κ1) is 20.7. The Balaban J connectivity index is 1.23. The molecule has 2 heterocycles. The lowest BCUT2D eigenvalue weighted by molar-refractivity contribution is 0.0860. The van der Waals surface area contributed by atoms with E-state index in [1.165, 1.54) is 4.31 Å². The molecule has 0 bridgehead atoms. The molecule has 2 aromatic rings. The van der Waals surface area contributed by atoms with Crippen molar-refractivity contribution in [2.24, 2.45) is 0 Å². The molecule has 158 valence electrons. The van der Waals surface area contributed by atoms with Crippen LogP contribution in [0.1, 0.15) is 35.2 Å². The van der Waals surface area contributed by atoms with Gasteiger partial charge in [0.15, 0.2) is 0 Å². The number of carbonyl (C=O) groups is 1. The van der Waals surface area contributed by atoms with Crippen molar-refractivity contribution in [3.05, 3.63) is 59.7 Å². The van der Waals surface area contributed by atoms with Gasteiger partial charge in [0.1, 0.15) is 17.9 Å². The maximum atomic E-state index is 12.5. The molecule has 1 saturated heterocycles. The Morgan fingerprint density at radius 2 is 1.83 bits per heavy atom. The van der Waals surface area contributed by atoms with Crippen LogP contribution in [0.3, 0.4) is 0 Å². The molecule has 2 aliphatic heterocycles. The minimum absolute atomic E-state index is 0.0566. The van der Waals surface area contributed by atoms with Crippen molar-refractivity contribution in [2.75, 3.05) is 26.2 Å². The SMILES string of the molecule is N#Cc1ccccc1OC1CCN(CCCCN2C(=O)c3ccccc3S2(O)O)C1. The summed E-state index contributed by atoms with van der Waals surface area (Å²) < 4.78 is 28.2. The maximum Gasteiger partial charge on any atom is 0.274 e. The van der Waals surface area contributed by atoms with Gasteiger partial charge in [-0.15, -0.1) is 0 Å². The highest BCUT2D eigenvalue weighted by Gasteiger charge is 2.40. The zero-order valence-electron chi connectivity index (χ0n) is 16.6. The van der Waals surface area contributed by atoms with Crippen LogP contribution in [-0.4, -0.2) is 56.5 Å². The van der Waals surface area contributed by atoms with Crippen LogP contribution in [0.5, 0.6) is 5.75 Å². The number of nitriles is 1. The van der Waals surface area contributed by atoms with Gasteiger partial charge in [0.2, 0.25) is 0 Å². The molecule has 0 saturated carbocycles. The van der Waals surface area contributed by atoms with Crippen LogP contribution in [0.4, 0.5) is 0 Å². The highest BCUT2D eigenvalue weighted by Crippen LogP contribution is 2.58. The summed E-state index contributed by atoms with van der Waals surface area (Å²) in [5, 5.41) is 9.19. The highest BCUT2D eigenvalue weighted by atomic mass is 32.3. The van der Waals surface area contributed by atoms with Gasteiger partial charge in [-0.2, -0.15) is 5.26 Å². The Bertz CT molecular complexity index is 975. The largest absolute Gasteiger partial charge is 0.488 e. The fourth-order valence-electron chi connectivity index (χ4n) is 4.01. The van der Waals surface area contributed by atoms with Gasteiger partial charge in [-0.05, 0) is 50.1 Å². The first-order valence-corrected chi connectivity index (χ1v) is 11.6. The Morgan fingerprint density at radius 1 is 1.10 bits per heavy atom. The third kappa shape index (κ3) is 4.02. The van der Waals surface area contributed by atoms with Crippen LogP contribution >= 0.6 is 10.8 Å². The summed E-state index contributed by atoms with van der Waals surface area (Å²) >= 11 is 0. The number of ether oxygens (including phenoxy) is 1. The molecule has 1 fully saturated rings. The van der Waals surface area contributed by atoms with E-state index in [9.17, 15) is 19.2 Å². The monoisotopic (exact) mass is 427 g/mol. The van der Waals surface area contributed by atoms with E-state index in [1.54, 1.807) is 30.3 Å². The standard InChI is InChI=1S/C22H25N3O4S/c23-15-17-7-1-3-9-20(17)29-18-11-14-24(16-18)12-5-6-13-25-22(26)19-8-2-4-10-21(19)30(25,27)28/h1-4,7-10,18,27-28H,5-6,11-14,16H2. The van der Waals surface area contributed by atoms with Crippen LogP contribution in [0.2, 0.25) is 0 Å². The molecule has 8 heteroatoms. The Morgan fingerprint density at radius 3 is 2.63 bits per heavy atom. The van der Waals surface area contributed by atoms with Crippen molar-refractivity contribution in [3.8, 4) is 11.8 Å². The number of benzene rings is 2. The number of likely N-dealkylation sites (tertiary alicyclic amines) is 1. The molecule has 0 aromatic heterocycles. The summed E-state index contributed by atoms with van der Waals surface area (Å²) in [5.41, 5.74) is 0.931. The number of rotatable bonds is 7. The van der Waals surface area contributed by atoms with Crippen molar-refractivity contribution in [1.82, 2.24) is 9.21 Å². The molecular weight excluding hydrogens is 402 g/mol. The minimum Gasteiger partial charge on any atom is -0.488 e. The van der Waals surface area contributed by atoms with Gasteiger partial charge in [-0.3, -0.25) is 18.8 Å². The van der Waals surface area contributed by atoms with Crippen LogP contribution in [-0.2, 0) is 0 Å². The molecule has 2 aliphatic rings.